The molecule has 3 rings (SSSR count). The molecule has 0 radical (unpaired) electrons. The third-order valence-electron chi connectivity index (χ3n) is 6.86. The van der Waals surface area contributed by atoms with Gasteiger partial charge in [0.05, 0.1) is 12.6 Å². The molecule has 2 aromatic carbocycles. The Kier molecular flexibility index (Phi) is 12.7. The Hall–Kier alpha value is -4.20. The Labute approximate surface area is 245 Å². The molecule has 0 unspecified atom stereocenters. The number of rotatable bonds is 8. The van der Waals surface area contributed by atoms with Crippen molar-refractivity contribution in [1.82, 2.24) is 20.9 Å². The van der Waals surface area contributed by atoms with Crippen LogP contribution in [0.5, 0.6) is 11.5 Å². The summed E-state index contributed by atoms with van der Waals surface area (Å²) in [4.78, 5) is 53.4. The Morgan fingerprint density at radius 1 is 0.952 bits per heavy atom. The number of amides is 4. The van der Waals surface area contributed by atoms with E-state index in [-0.39, 0.29) is 64.4 Å². The molecule has 230 valence electrons. The molecule has 11 N–H and O–H groups in total. The van der Waals surface area contributed by atoms with Crippen molar-refractivity contribution < 1.29 is 29.4 Å². The normalized spacial score (nSPS) is 18.8. The molecule has 4 amide bonds. The first kappa shape index (κ1) is 34.0. The number of nitrogens with two attached hydrogens (primary N) is 3. The van der Waals surface area contributed by atoms with Crippen molar-refractivity contribution in [2.45, 2.75) is 51.2 Å². The van der Waals surface area contributed by atoms with E-state index in [1.165, 1.54) is 24.1 Å². The van der Waals surface area contributed by atoms with Crippen molar-refractivity contribution in [2.75, 3.05) is 33.2 Å². The molecule has 13 heteroatoms. The number of hydrogen-bond donors (Lipinski definition) is 8. The third kappa shape index (κ3) is 8.90. The van der Waals surface area contributed by atoms with E-state index in [1.54, 1.807) is 24.3 Å². The van der Waals surface area contributed by atoms with Crippen LogP contribution < -0.4 is 33.2 Å². The summed E-state index contributed by atoms with van der Waals surface area (Å²) in [5.74, 6) is -2.40. The van der Waals surface area contributed by atoms with E-state index in [4.69, 9.17) is 17.2 Å². The van der Waals surface area contributed by atoms with Crippen LogP contribution >= 0.6 is 0 Å². The third-order valence-corrected chi connectivity index (χ3v) is 6.86. The summed E-state index contributed by atoms with van der Waals surface area (Å²) in [7, 11) is 1.42. The molecule has 0 fully saturated rings. The Bertz CT molecular complexity index is 1270. The van der Waals surface area contributed by atoms with Crippen molar-refractivity contribution >= 4 is 23.6 Å². The second-order valence-corrected chi connectivity index (χ2v) is 10.1. The molecule has 0 saturated heterocycles. The van der Waals surface area contributed by atoms with Gasteiger partial charge in [0, 0.05) is 33.0 Å². The molecule has 3 atom stereocenters. The Morgan fingerprint density at radius 2 is 1.55 bits per heavy atom. The van der Waals surface area contributed by atoms with Gasteiger partial charge in [0.1, 0.15) is 23.6 Å². The van der Waals surface area contributed by atoms with E-state index in [0.717, 1.165) is 0 Å². The van der Waals surface area contributed by atoms with Gasteiger partial charge in [-0.1, -0.05) is 19.6 Å². The Morgan fingerprint density at radius 3 is 2.12 bits per heavy atom. The number of phenols is 2. The van der Waals surface area contributed by atoms with E-state index in [0.29, 0.717) is 28.7 Å². The van der Waals surface area contributed by atoms with Crippen LogP contribution in [0.1, 0.15) is 31.4 Å². The molecule has 0 spiro atoms. The van der Waals surface area contributed by atoms with Crippen LogP contribution in [0.2, 0.25) is 0 Å². The van der Waals surface area contributed by atoms with Gasteiger partial charge in [-0.15, -0.1) is 0 Å². The van der Waals surface area contributed by atoms with Crippen molar-refractivity contribution in [2.24, 2.45) is 17.2 Å². The highest BCUT2D eigenvalue weighted by atomic mass is 16.3. The predicted octanol–water partition coefficient (Wildman–Crippen LogP) is -0.931. The smallest absolute Gasteiger partial charge is 0.245 e. The van der Waals surface area contributed by atoms with Crippen LogP contribution in [-0.2, 0) is 32.0 Å². The summed E-state index contributed by atoms with van der Waals surface area (Å²) in [5.41, 5.74) is 19.4. The summed E-state index contributed by atoms with van der Waals surface area (Å²) in [6.07, 6.45) is 0.473. The lowest BCUT2D eigenvalue weighted by Crippen LogP contribution is -2.57. The molecule has 4 bridgehead atoms. The molecular formula is C29H43N7O6. The summed E-state index contributed by atoms with van der Waals surface area (Å²) in [6.45, 7) is 0.455. The summed E-state index contributed by atoms with van der Waals surface area (Å²) in [6, 6.07) is 6.37. The molecule has 0 saturated carbocycles. The lowest BCUT2D eigenvalue weighted by Gasteiger charge is -2.27. The highest BCUT2D eigenvalue weighted by Gasteiger charge is 2.31. The van der Waals surface area contributed by atoms with Gasteiger partial charge in [-0.2, -0.15) is 0 Å². The first-order valence-corrected chi connectivity index (χ1v) is 13.5. The maximum atomic E-state index is 13.5. The molecular weight excluding hydrogens is 542 g/mol. The number of nitrogens with zero attached hydrogens (tertiary/aromatic N) is 1. The predicted molar refractivity (Wildman–Crippen MR) is 159 cm³/mol. The van der Waals surface area contributed by atoms with Gasteiger partial charge in [0.15, 0.2) is 0 Å². The topological polar surface area (TPSA) is 226 Å². The van der Waals surface area contributed by atoms with E-state index in [9.17, 15) is 29.4 Å². The standard InChI is InChI=1S/C28H39N7O6.CH4/c1-35(15-25(38)32-10-9-30)28(41)22-14-19-12-17(5-7-24(19)37)16-4-6-23(36)18(11-16)13-20(31)26(39)33-21(3-2-8-29)27(40)34-22;/h4-7,11-12,20-22,36-37H,2-3,8-10,13-15,29-31H2,1H3,(H,32,38)(H,33,39)(H,34,40);1H4/t20-,21-,22-;/m0./s1. The fourth-order valence-electron chi connectivity index (χ4n) is 4.58. The maximum absolute atomic E-state index is 13.5. The minimum atomic E-state index is -1.19. The van der Waals surface area contributed by atoms with E-state index in [2.05, 4.69) is 16.0 Å². The quantitative estimate of drug-likeness (QED) is 0.191. The number of hydrogen-bond acceptors (Lipinski definition) is 9. The van der Waals surface area contributed by atoms with Crippen LogP contribution in [0.4, 0.5) is 0 Å². The second kappa shape index (κ2) is 15.7. The highest BCUT2D eigenvalue weighted by molar-refractivity contribution is 5.94. The van der Waals surface area contributed by atoms with Crippen LogP contribution in [0.3, 0.4) is 0 Å². The minimum Gasteiger partial charge on any atom is -0.508 e. The van der Waals surface area contributed by atoms with Crippen LogP contribution in [0.15, 0.2) is 36.4 Å². The number of carbonyl (C=O) groups excluding carboxylic acids is 4. The monoisotopic (exact) mass is 585 g/mol. The average molecular weight is 586 g/mol. The zero-order valence-corrected chi connectivity index (χ0v) is 23.1. The molecule has 1 aliphatic rings. The van der Waals surface area contributed by atoms with Crippen LogP contribution in [0.25, 0.3) is 11.1 Å². The maximum Gasteiger partial charge on any atom is 0.245 e. The minimum absolute atomic E-state index is 0. The van der Waals surface area contributed by atoms with Crippen molar-refractivity contribution in [1.29, 1.82) is 0 Å². The van der Waals surface area contributed by atoms with E-state index >= 15 is 0 Å². The van der Waals surface area contributed by atoms with Crippen LogP contribution in [-0.4, -0.2) is 90.1 Å². The van der Waals surface area contributed by atoms with E-state index in [1.807, 2.05) is 0 Å². The fraction of sp³-hybridized carbons (Fsp3) is 0.448. The fourth-order valence-corrected chi connectivity index (χ4v) is 4.58. The molecule has 13 nitrogen and oxygen atoms in total. The molecule has 1 heterocycles. The van der Waals surface area contributed by atoms with Gasteiger partial charge < -0.3 is 48.3 Å². The summed E-state index contributed by atoms with van der Waals surface area (Å²) < 4.78 is 0. The SMILES string of the molecule is C.CN(CC(=O)NCCN)C(=O)[C@@H]1Cc2cc(ccc2O)-c2ccc(O)c(c2)C[C@H](N)C(=O)N[C@@H](CCCN)C(=O)N1. The van der Waals surface area contributed by atoms with Gasteiger partial charge in [-0.05, 0) is 65.9 Å². The number of phenolic OH excluding ortho intramolecular Hbond substituents is 2. The number of benzene rings is 2. The van der Waals surface area contributed by atoms with Crippen LogP contribution in [0, 0.1) is 0 Å². The summed E-state index contributed by atoms with van der Waals surface area (Å²) >= 11 is 0. The number of aromatic hydroxyl groups is 2. The average Bonchev–Trinajstić information content (AvgIpc) is 2.94. The lowest BCUT2D eigenvalue weighted by molar-refractivity contribution is -0.139. The zero-order chi connectivity index (χ0) is 30.1. The van der Waals surface area contributed by atoms with Crippen molar-refractivity contribution in [3.8, 4) is 22.6 Å². The number of fused-ring (bicyclic) bond motifs is 5. The lowest BCUT2D eigenvalue weighted by atomic mass is 9.95. The molecule has 0 aliphatic carbocycles. The van der Waals surface area contributed by atoms with Gasteiger partial charge in [-0.3, -0.25) is 19.2 Å². The van der Waals surface area contributed by atoms with E-state index < -0.39 is 41.8 Å². The summed E-state index contributed by atoms with van der Waals surface area (Å²) in [5, 5.41) is 29.0. The number of nitrogens with one attached hydrogen (secondary N) is 3. The molecule has 42 heavy (non-hydrogen) atoms. The zero-order valence-electron chi connectivity index (χ0n) is 23.1. The van der Waals surface area contributed by atoms with Gasteiger partial charge in [0.25, 0.3) is 0 Å². The molecule has 0 aromatic heterocycles. The Balaban J connectivity index is 0.00000616. The van der Waals surface area contributed by atoms with Gasteiger partial charge in [-0.25, -0.2) is 0 Å². The largest absolute Gasteiger partial charge is 0.508 e. The van der Waals surface area contributed by atoms with Gasteiger partial charge >= 0.3 is 0 Å². The second-order valence-electron chi connectivity index (χ2n) is 10.1. The number of carbonyl (C=O) groups is 4. The molecule has 2 aromatic rings. The first-order chi connectivity index (χ1) is 19.5. The number of likely N-dealkylation sites (N-methyl/N-ethyl adjacent to an activating group) is 1. The van der Waals surface area contributed by atoms with Crippen molar-refractivity contribution in [3.63, 3.8) is 0 Å². The van der Waals surface area contributed by atoms with Crippen molar-refractivity contribution in [3.05, 3.63) is 47.5 Å². The van der Waals surface area contributed by atoms with Gasteiger partial charge in [0.2, 0.25) is 23.6 Å². The highest BCUT2D eigenvalue weighted by Crippen LogP contribution is 2.31. The molecule has 1 aliphatic heterocycles. The first-order valence-electron chi connectivity index (χ1n) is 13.5.